The van der Waals surface area contributed by atoms with E-state index in [0.717, 1.165) is 5.56 Å². The fraction of sp³-hybridized carbons (Fsp3) is 0.385. The number of nitrogens with two attached hydrogens (primary N) is 2. The Morgan fingerprint density at radius 1 is 1.29 bits per heavy atom. The van der Waals surface area contributed by atoms with E-state index in [0.29, 0.717) is 23.1 Å². The summed E-state index contributed by atoms with van der Waals surface area (Å²) in [4.78, 5) is 13.7. The molecule has 0 unspecified atom stereocenters. The molecular weight excluding hydrogens is 313 g/mol. The van der Waals surface area contributed by atoms with Crippen molar-refractivity contribution in [2.24, 2.45) is 21.5 Å². The molecule has 0 fully saturated rings. The van der Waals surface area contributed by atoms with Crippen LogP contribution in [0, 0.1) is 0 Å². The zero-order valence-corrected chi connectivity index (χ0v) is 13.3. The Balaban J connectivity index is 2.01. The summed E-state index contributed by atoms with van der Waals surface area (Å²) in [5.41, 5.74) is 11.6. The van der Waals surface area contributed by atoms with E-state index >= 15 is 0 Å². The van der Waals surface area contributed by atoms with Gasteiger partial charge in [0.1, 0.15) is 0 Å². The quantitative estimate of drug-likeness (QED) is 0.885. The van der Waals surface area contributed by atoms with Gasteiger partial charge in [-0.15, -0.1) is 0 Å². The highest BCUT2D eigenvalue weighted by atomic mass is 35.5. The molecule has 0 amide bonds. The maximum Gasteiger partial charge on any atom is 0.226 e. The van der Waals surface area contributed by atoms with Crippen LogP contribution < -0.4 is 11.5 Å². The van der Waals surface area contributed by atoms with Gasteiger partial charge in [0.25, 0.3) is 0 Å². The number of aliphatic imine (C=N–C) groups is 2. The first kappa shape index (κ1) is 15.9. The molecule has 114 valence electrons. The van der Waals surface area contributed by atoms with Gasteiger partial charge in [-0.3, -0.25) is 4.84 Å². The Morgan fingerprint density at radius 3 is 2.67 bits per heavy atom. The molecule has 0 saturated carbocycles. The summed E-state index contributed by atoms with van der Waals surface area (Å²) < 4.78 is 0. The number of rotatable bonds is 4. The van der Waals surface area contributed by atoms with Crippen molar-refractivity contribution in [3.8, 4) is 0 Å². The number of guanidine groups is 2. The van der Waals surface area contributed by atoms with Crippen molar-refractivity contribution < 1.29 is 4.84 Å². The van der Waals surface area contributed by atoms with Gasteiger partial charge in [-0.25, -0.2) is 4.99 Å². The standard InChI is InChI=1S/C13H17Cl2N5O/c1-13(2)19-11(16)18-12(17)20(13)21-7-6-8-4-3-5-9(14)10(8)15/h3-5H,6-7H2,1-2H3,(H4,16,17,18,19). The van der Waals surface area contributed by atoms with Gasteiger partial charge in [-0.1, -0.05) is 35.3 Å². The average molecular weight is 330 g/mol. The van der Waals surface area contributed by atoms with Crippen LogP contribution in [-0.4, -0.2) is 29.3 Å². The third-order valence-electron chi connectivity index (χ3n) is 2.95. The van der Waals surface area contributed by atoms with Gasteiger partial charge >= 0.3 is 0 Å². The molecule has 1 aromatic rings. The molecule has 1 aliphatic heterocycles. The highest BCUT2D eigenvalue weighted by Crippen LogP contribution is 2.26. The third kappa shape index (κ3) is 3.58. The van der Waals surface area contributed by atoms with Gasteiger partial charge in [-0.05, 0) is 31.9 Å². The monoisotopic (exact) mass is 329 g/mol. The van der Waals surface area contributed by atoms with E-state index < -0.39 is 5.66 Å². The topological polar surface area (TPSA) is 89.2 Å². The van der Waals surface area contributed by atoms with Gasteiger partial charge in [0.05, 0.1) is 16.7 Å². The van der Waals surface area contributed by atoms with E-state index in [2.05, 4.69) is 9.98 Å². The van der Waals surface area contributed by atoms with E-state index in [9.17, 15) is 0 Å². The van der Waals surface area contributed by atoms with Crippen LogP contribution in [0.2, 0.25) is 10.0 Å². The molecule has 1 aliphatic rings. The molecule has 0 spiro atoms. The smallest absolute Gasteiger partial charge is 0.226 e. The fourth-order valence-electron chi connectivity index (χ4n) is 2.01. The minimum atomic E-state index is -0.714. The van der Waals surface area contributed by atoms with E-state index in [1.807, 2.05) is 26.0 Å². The summed E-state index contributed by atoms with van der Waals surface area (Å²) in [6, 6.07) is 5.48. The maximum absolute atomic E-state index is 6.13. The van der Waals surface area contributed by atoms with E-state index in [-0.39, 0.29) is 11.9 Å². The molecular formula is C13H17Cl2N5O. The molecule has 0 radical (unpaired) electrons. The van der Waals surface area contributed by atoms with Crippen LogP contribution in [0.15, 0.2) is 28.2 Å². The Morgan fingerprint density at radius 2 is 2.00 bits per heavy atom. The molecule has 0 aromatic heterocycles. The van der Waals surface area contributed by atoms with E-state index in [4.69, 9.17) is 39.5 Å². The summed E-state index contributed by atoms with van der Waals surface area (Å²) in [6.45, 7) is 4.01. The number of hydrogen-bond donors (Lipinski definition) is 2. The zero-order valence-electron chi connectivity index (χ0n) is 11.8. The van der Waals surface area contributed by atoms with Crippen LogP contribution in [0.4, 0.5) is 0 Å². The Labute approximate surface area is 133 Å². The van der Waals surface area contributed by atoms with E-state index in [1.54, 1.807) is 6.07 Å². The molecule has 6 nitrogen and oxygen atoms in total. The Bertz CT molecular complexity index is 600. The second kappa shape index (κ2) is 6.09. The molecule has 1 heterocycles. The summed E-state index contributed by atoms with van der Waals surface area (Å²) >= 11 is 12.1. The van der Waals surface area contributed by atoms with Crippen LogP contribution in [0.5, 0.6) is 0 Å². The first-order chi connectivity index (χ1) is 9.81. The lowest BCUT2D eigenvalue weighted by molar-refractivity contribution is -0.156. The van der Waals surface area contributed by atoms with Crippen molar-refractivity contribution in [2.75, 3.05) is 6.61 Å². The second-order valence-corrected chi connectivity index (χ2v) is 5.81. The first-order valence-corrected chi connectivity index (χ1v) is 7.12. The molecule has 21 heavy (non-hydrogen) atoms. The number of hydroxylamine groups is 2. The minimum absolute atomic E-state index is 0.134. The fourth-order valence-corrected chi connectivity index (χ4v) is 2.42. The first-order valence-electron chi connectivity index (χ1n) is 6.37. The lowest BCUT2D eigenvalue weighted by Crippen LogP contribution is -2.53. The molecule has 0 atom stereocenters. The van der Waals surface area contributed by atoms with Crippen molar-refractivity contribution >= 4 is 35.1 Å². The molecule has 2 rings (SSSR count). The number of halogens is 2. The normalized spacial score (nSPS) is 17.4. The van der Waals surface area contributed by atoms with Gasteiger partial charge in [-0.2, -0.15) is 10.1 Å². The van der Waals surface area contributed by atoms with Gasteiger partial charge < -0.3 is 11.5 Å². The minimum Gasteiger partial charge on any atom is -0.368 e. The molecule has 1 aromatic carbocycles. The van der Waals surface area contributed by atoms with Crippen molar-refractivity contribution in [3.05, 3.63) is 33.8 Å². The summed E-state index contributed by atoms with van der Waals surface area (Å²) in [6.07, 6.45) is 0.582. The zero-order chi connectivity index (χ0) is 15.6. The van der Waals surface area contributed by atoms with Crippen LogP contribution in [0.1, 0.15) is 19.4 Å². The van der Waals surface area contributed by atoms with Gasteiger partial charge in [0.2, 0.25) is 11.9 Å². The average Bonchev–Trinajstić information content (AvgIpc) is 2.36. The third-order valence-corrected chi connectivity index (χ3v) is 3.80. The maximum atomic E-state index is 6.13. The Kier molecular flexibility index (Phi) is 4.61. The summed E-state index contributed by atoms with van der Waals surface area (Å²) in [5.74, 6) is 0.305. The number of nitrogens with zero attached hydrogens (tertiary/aromatic N) is 3. The second-order valence-electron chi connectivity index (χ2n) is 5.02. The highest BCUT2D eigenvalue weighted by Gasteiger charge is 2.33. The van der Waals surface area contributed by atoms with E-state index in [1.165, 1.54) is 5.06 Å². The number of benzene rings is 1. The predicted octanol–water partition coefficient (Wildman–Crippen LogP) is 2.15. The lowest BCUT2D eigenvalue weighted by atomic mass is 10.2. The van der Waals surface area contributed by atoms with Crippen molar-refractivity contribution in [1.82, 2.24) is 5.06 Å². The van der Waals surface area contributed by atoms with Crippen molar-refractivity contribution in [1.29, 1.82) is 0 Å². The summed E-state index contributed by atoms with van der Waals surface area (Å²) in [7, 11) is 0. The van der Waals surface area contributed by atoms with Crippen LogP contribution in [0.25, 0.3) is 0 Å². The predicted molar refractivity (Wildman–Crippen MR) is 85.3 cm³/mol. The molecule has 8 heteroatoms. The van der Waals surface area contributed by atoms with Crippen LogP contribution >= 0.6 is 23.2 Å². The highest BCUT2D eigenvalue weighted by molar-refractivity contribution is 6.42. The van der Waals surface area contributed by atoms with Gasteiger partial charge in [0, 0.05) is 0 Å². The summed E-state index contributed by atoms with van der Waals surface area (Å²) in [5, 5.41) is 2.48. The SMILES string of the molecule is CC1(C)N=C(N)N=C(N)N1OCCc1cccc(Cl)c1Cl. The van der Waals surface area contributed by atoms with Gasteiger partial charge in [0.15, 0.2) is 5.66 Å². The molecule has 4 N–H and O–H groups in total. The lowest BCUT2D eigenvalue weighted by Gasteiger charge is -2.36. The molecule has 0 saturated heterocycles. The van der Waals surface area contributed by atoms with Crippen LogP contribution in [-0.2, 0) is 11.3 Å². The largest absolute Gasteiger partial charge is 0.368 e. The van der Waals surface area contributed by atoms with Crippen molar-refractivity contribution in [2.45, 2.75) is 25.9 Å². The Hall–Kier alpha value is -1.50. The number of hydrogen-bond acceptors (Lipinski definition) is 6. The molecule has 0 bridgehead atoms. The van der Waals surface area contributed by atoms with Crippen molar-refractivity contribution in [3.63, 3.8) is 0 Å². The molecule has 0 aliphatic carbocycles. The van der Waals surface area contributed by atoms with Crippen LogP contribution in [0.3, 0.4) is 0 Å².